The van der Waals surface area contributed by atoms with Gasteiger partial charge in [0.15, 0.2) is 0 Å². The first-order valence-electron chi connectivity index (χ1n) is 5.84. The molecule has 0 N–H and O–H groups in total. The maximum absolute atomic E-state index is 4.40. The summed E-state index contributed by atoms with van der Waals surface area (Å²) in [4.78, 5) is 0. The van der Waals surface area contributed by atoms with Gasteiger partial charge < -0.3 is 0 Å². The molecule has 0 amide bonds. The molecule has 1 aliphatic carbocycles. The van der Waals surface area contributed by atoms with Gasteiger partial charge in [0.2, 0.25) is 0 Å². The van der Waals surface area contributed by atoms with Crippen LogP contribution in [0.15, 0.2) is 46.1 Å². The van der Waals surface area contributed by atoms with Crippen molar-refractivity contribution in [2.75, 3.05) is 0 Å². The first-order valence-corrected chi connectivity index (χ1v) is 5.84. The van der Waals surface area contributed by atoms with E-state index in [4.69, 9.17) is 0 Å². The largest absolute Gasteiger partial charge is 0.155 e. The summed E-state index contributed by atoms with van der Waals surface area (Å²) in [6.07, 6.45) is 9.12. The van der Waals surface area contributed by atoms with E-state index < -0.39 is 0 Å². The third-order valence-electron chi connectivity index (χ3n) is 3.16. The van der Waals surface area contributed by atoms with Crippen LogP contribution in [0.5, 0.6) is 0 Å². The van der Waals surface area contributed by atoms with Crippen LogP contribution in [0, 0.1) is 0 Å². The number of fused-ring (bicyclic) bond motifs is 2. The lowest BCUT2D eigenvalue weighted by Crippen LogP contribution is -2.25. The number of rotatable bonds is 0. The molecule has 0 spiro atoms. The Bertz CT molecular complexity index is 526. The zero-order valence-electron chi connectivity index (χ0n) is 9.19. The first-order chi connectivity index (χ1) is 7.93. The van der Waals surface area contributed by atoms with E-state index in [1.54, 1.807) is 0 Å². The van der Waals surface area contributed by atoms with E-state index in [1.165, 1.54) is 24.1 Å². The molecule has 1 heterocycles. The normalized spacial score (nSPS) is 18.8. The fourth-order valence-corrected chi connectivity index (χ4v) is 2.23. The van der Waals surface area contributed by atoms with Crippen LogP contribution >= 0.6 is 0 Å². The van der Waals surface area contributed by atoms with Gasteiger partial charge in [-0.05, 0) is 37.3 Å². The van der Waals surface area contributed by atoms with Crippen molar-refractivity contribution < 1.29 is 0 Å². The number of hydrogen-bond acceptors (Lipinski definition) is 2. The van der Waals surface area contributed by atoms with E-state index in [9.17, 15) is 0 Å². The van der Waals surface area contributed by atoms with Gasteiger partial charge in [0.25, 0.3) is 0 Å². The van der Waals surface area contributed by atoms with Gasteiger partial charge in [0, 0.05) is 5.22 Å². The molecule has 1 aromatic carbocycles. The quantitative estimate of drug-likeness (QED) is 0.625. The molecule has 0 unspecified atom stereocenters. The van der Waals surface area contributed by atoms with Crippen molar-refractivity contribution in [3.05, 3.63) is 46.5 Å². The molecule has 2 aliphatic rings. The Labute approximate surface area is 94.7 Å². The van der Waals surface area contributed by atoms with Crippen LogP contribution in [0.1, 0.15) is 25.7 Å². The Morgan fingerprint density at radius 3 is 2.75 bits per heavy atom. The van der Waals surface area contributed by atoms with Crippen molar-refractivity contribution in [3.8, 4) is 0 Å². The zero-order valence-corrected chi connectivity index (χ0v) is 9.19. The van der Waals surface area contributed by atoms with Crippen LogP contribution < -0.4 is 10.6 Å². The van der Waals surface area contributed by atoms with E-state index in [0.29, 0.717) is 0 Å². The molecule has 0 bridgehead atoms. The standard InChI is InChI=1S/C14H14N2/c1-3-7-13-11(5-1)9-10-12-6-2-4-8-14(12)16-15-13/h1,3,5,7,9-10H,2,4,6,8H2. The molecule has 2 nitrogen and oxygen atoms in total. The molecule has 0 saturated heterocycles. The predicted molar refractivity (Wildman–Crippen MR) is 65.7 cm³/mol. The Morgan fingerprint density at radius 2 is 1.75 bits per heavy atom. The van der Waals surface area contributed by atoms with E-state index in [2.05, 4.69) is 28.4 Å². The molecule has 3 rings (SSSR count). The van der Waals surface area contributed by atoms with Gasteiger partial charge in [-0.3, -0.25) is 0 Å². The van der Waals surface area contributed by atoms with Crippen molar-refractivity contribution in [1.29, 1.82) is 0 Å². The summed E-state index contributed by atoms with van der Waals surface area (Å²) >= 11 is 0. The highest BCUT2D eigenvalue weighted by atomic mass is 15.2. The third-order valence-corrected chi connectivity index (χ3v) is 3.16. The summed E-state index contributed by atoms with van der Waals surface area (Å²) in [5.41, 5.74) is 2.54. The number of allylic oxidation sites excluding steroid dienone is 2. The molecule has 1 fully saturated rings. The van der Waals surface area contributed by atoms with Gasteiger partial charge in [-0.2, -0.15) is 10.2 Å². The summed E-state index contributed by atoms with van der Waals surface area (Å²) in [5, 5.41) is 10.9. The van der Waals surface area contributed by atoms with Gasteiger partial charge in [0.1, 0.15) is 0 Å². The molecule has 16 heavy (non-hydrogen) atoms. The summed E-state index contributed by atoms with van der Waals surface area (Å²) in [7, 11) is 0. The summed E-state index contributed by atoms with van der Waals surface area (Å²) < 4.78 is 0. The van der Waals surface area contributed by atoms with Crippen molar-refractivity contribution in [2.45, 2.75) is 25.7 Å². The fourth-order valence-electron chi connectivity index (χ4n) is 2.23. The van der Waals surface area contributed by atoms with Crippen LogP contribution in [0.25, 0.3) is 6.08 Å². The van der Waals surface area contributed by atoms with Crippen LogP contribution in [0.3, 0.4) is 0 Å². The van der Waals surface area contributed by atoms with Gasteiger partial charge in [-0.1, -0.05) is 30.4 Å². The Morgan fingerprint density at radius 1 is 0.875 bits per heavy atom. The second-order valence-corrected chi connectivity index (χ2v) is 4.27. The number of hydrogen-bond donors (Lipinski definition) is 0. The van der Waals surface area contributed by atoms with Crippen LogP contribution in [0.2, 0.25) is 0 Å². The molecule has 1 aromatic rings. The minimum atomic E-state index is 0.968. The molecule has 80 valence electrons. The van der Waals surface area contributed by atoms with Crippen molar-refractivity contribution in [2.24, 2.45) is 10.2 Å². The highest BCUT2D eigenvalue weighted by molar-refractivity contribution is 6.01. The van der Waals surface area contributed by atoms with Crippen LogP contribution in [-0.2, 0) is 0 Å². The first kappa shape index (κ1) is 9.52. The summed E-state index contributed by atoms with van der Waals surface area (Å²) in [6, 6.07) is 8.14. The molecular formula is C14H14N2. The topological polar surface area (TPSA) is 24.7 Å². The predicted octanol–water partition coefficient (Wildman–Crippen LogP) is 1.96. The van der Waals surface area contributed by atoms with Crippen LogP contribution in [0.4, 0.5) is 0 Å². The Balaban J connectivity index is 2.21. The summed E-state index contributed by atoms with van der Waals surface area (Å²) in [5.74, 6) is 0. The van der Waals surface area contributed by atoms with Gasteiger partial charge >= 0.3 is 0 Å². The Kier molecular flexibility index (Phi) is 2.41. The number of benzene rings is 1. The lowest BCUT2D eigenvalue weighted by atomic mass is 9.92. The van der Waals surface area contributed by atoms with Crippen molar-refractivity contribution in [1.82, 2.24) is 0 Å². The maximum Gasteiger partial charge on any atom is 0.0929 e. The minimum absolute atomic E-state index is 0.968. The fraction of sp³-hybridized carbons (Fsp3) is 0.286. The summed E-state index contributed by atoms with van der Waals surface area (Å²) in [6.45, 7) is 0. The second-order valence-electron chi connectivity index (χ2n) is 4.27. The highest BCUT2D eigenvalue weighted by Crippen LogP contribution is 2.21. The van der Waals surface area contributed by atoms with Crippen LogP contribution in [-0.4, -0.2) is 5.71 Å². The average molecular weight is 210 g/mol. The minimum Gasteiger partial charge on any atom is -0.155 e. The monoisotopic (exact) mass is 210 g/mol. The van der Waals surface area contributed by atoms with Gasteiger partial charge in [-0.25, -0.2) is 0 Å². The third kappa shape index (κ3) is 1.71. The second kappa shape index (κ2) is 4.05. The molecular weight excluding hydrogens is 196 g/mol. The molecule has 1 aliphatic heterocycles. The molecule has 2 heteroatoms. The van der Waals surface area contributed by atoms with Crippen molar-refractivity contribution in [3.63, 3.8) is 0 Å². The average Bonchev–Trinajstić information content (AvgIpc) is 2.32. The molecule has 1 saturated carbocycles. The molecule has 0 atom stereocenters. The lowest BCUT2D eigenvalue weighted by molar-refractivity contribution is 0.730. The smallest absolute Gasteiger partial charge is 0.0929 e. The van der Waals surface area contributed by atoms with E-state index in [0.717, 1.165) is 23.4 Å². The molecule has 0 radical (unpaired) electrons. The zero-order chi connectivity index (χ0) is 10.8. The lowest BCUT2D eigenvalue weighted by Gasteiger charge is -2.15. The molecule has 0 aromatic heterocycles. The maximum atomic E-state index is 4.40. The van der Waals surface area contributed by atoms with Gasteiger partial charge in [-0.15, -0.1) is 0 Å². The SMILES string of the molecule is C1=C2CCCCC2=NN=c2ccccc2=C1. The van der Waals surface area contributed by atoms with E-state index in [-0.39, 0.29) is 0 Å². The highest BCUT2D eigenvalue weighted by Gasteiger charge is 2.12. The van der Waals surface area contributed by atoms with E-state index >= 15 is 0 Å². The van der Waals surface area contributed by atoms with Crippen molar-refractivity contribution >= 4 is 11.8 Å². The Hall–Kier alpha value is -1.70. The van der Waals surface area contributed by atoms with Gasteiger partial charge in [0.05, 0.1) is 11.1 Å². The number of nitrogens with zero attached hydrogens (tertiary/aromatic N) is 2. The van der Waals surface area contributed by atoms with E-state index in [1.807, 2.05) is 18.2 Å².